The number of hydrogen-bond donors (Lipinski definition) is 0. The summed E-state index contributed by atoms with van der Waals surface area (Å²) in [4.78, 5) is 25.9. The molecule has 2 heterocycles. The van der Waals surface area contributed by atoms with Gasteiger partial charge in [-0.2, -0.15) is 0 Å². The average Bonchev–Trinajstić information content (AvgIpc) is 2.87. The van der Waals surface area contributed by atoms with Crippen molar-refractivity contribution in [2.24, 2.45) is 0 Å². The highest BCUT2D eigenvalue weighted by Crippen LogP contribution is 2.34. The molecule has 1 atom stereocenters. The summed E-state index contributed by atoms with van der Waals surface area (Å²) in [6.07, 6.45) is 2.10. The fraction of sp³-hybridized carbons (Fsp3) is 0.500. The maximum atomic E-state index is 11.9. The van der Waals surface area contributed by atoms with Crippen molar-refractivity contribution in [3.05, 3.63) is 22.4 Å². The van der Waals surface area contributed by atoms with Gasteiger partial charge < -0.3 is 4.90 Å². The van der Waals surface area contributed by atoms with Gasteiger partial charge in [0.2, 0.25) is 5.91 Å². The lowest BCUT2D eigenvalue weighted by molar-refractivity contribution is -0.135. The molecule has 1 aromatic heterocycles. The predicted molar refractivity (Wildman–Crippen MR) is 63.3 cm³/mol. The fourth-order valence-corrected chi connectivity index (χ4v) is 3.03. The van der Waals surface area contributed by atoms with Crippen molar-refractivity contribution in [2.45, 2.75) is 32.2 Å². The van der Waals surface area contributed by atoms with Gasteiger partial charge in [-0.25, -0.2) is 0 Å². The minimum Gasteiger partial charge on any atom is -0.334 e. The summed E-state index contributed by atoms with van der Waals surface area (Å²) in [7, 11) is 0. The predicted octanol–water partition coefficient (Wildman–Crippen LogP) is 2.39. The van der Waals surface area contributed by atoms with E-state index in [0.29, 0.717) is 0 Å². The van der Waals surface area contributed by atoms with Crippen LogP contribution in [0, 0.1) is 0 Å². The third-order valence-corrected chi connectivity index (χ3v) is 3.82. The molecule has 1 fully saturated rings. The summed E-state index contributed by atoms with van der Waals surface area (Å²) in [5, 5.41) is 2.03. The van der Waals surface area contributed by atoms with Gasteiger partial charge >= 0.3 is 0 Å². The summed E-state index contributed by atoms with van der Waals surface area (Å²) in [6.45, 7) is 2.25. The van der Waals surface area contributed by atoms with E-state index in [-0.39, 0.29) is 24.2 Å². The van der Waals surface area contributed by atoms with E-state index in [2.05, 4.69) is 6.07 Å². The van der Waals surface area contributed by atoms with Crippen molar-refractivity contribution >= 4 is 23.0 Å². The molecule has 0 saturated carbocycles. The van der Waals surface area contributed by atoms with Crippen molar-refractivity contribution in [1.29, 1.82) is 0 Å². The normalized spacial score (nSPS) is 20.1. The topological polar surface area (TPSA) is 37.4 Å². The number of Topliss-reactive ketones (excluding diaryl/α,β-unsaturated/α-hetero) is 1. The van der Waals surface area contributed by atoms with E-state index in [4.69, 9.17) is 0 Å². The molecule has 1 saturated heterocycles. The van der Waals surface area contributed by atoms with Gasteiger partial charge in [-0.05, 0) is 31.2 Å². The van der Waals surface area contributed by atoms with Crippen LogP contribution in [0.25, 0.3) is 0 Å². The first-order valence-corrected chi connectivity index (χ1v) is 6.39. The Labute approximate surface area is 99.1 Å². The molecule has 16 heavy (non-hydrogen) atoms. The summed E-state index contributed by atoms with van der Waals surface area (Å²) in [5.41, 5.74) is 0. The zero-order valence-electron chi connectivity index (χ0n) is 9.31. The Kier molecular flexibility index (Phi) is 3.39. The van der Waals surface area contributed by atoms with Crippen LogP contribution in [0.5, 0.6) is 0 Å². The minimum atomic E-state index is -0.0539. The van der Waals surface area contributed by atoms with Gasteiger partial charge in [0.25, 0.3) is 0 Å². The van der Waals surface area contributed by atoms with Crippen LogP contribution in [0.15, 0.2) is 17.5 Å². The Morgan fingerprint density at radius 1 is 1.56 bits per heavy atom. The summed E-state index contributed by atoms with van der Waals surface area (Å²) < 4.78 is 0. The Morgan fingerprint density at radius 3 is 3.00 bits per heavy atom. The number of nitrogens with zero attached hydrogens (tertiary/aromatic N) is 1. The van der Waals surface area contributed by atoms with Gasteiger partial charge in [-0.1, -0.05) is 6.07 Å². The number of thiophene rings is 1. The molecular formula is C12H15NO2S. The Balaban J connectivity index is 2.09. The van der Waals surface area contributed by atoms with Crippen molar-refractivity contribution in [1.82, 2.24) is 4.90 Å². The number of amides is 1. The Hall–Kier alpha value is -1.16. The van der Waals surface area contributed by atoms with Crippen LogP contribution in [-0.2, 0) is 9.59 Å². The van der Waals surface area contributed by atoms with E-state index in [0.717, 1.165) is 19.4 Å². The van der Waals surface area contributed by atoms with Gasteiger partial charge in [0, 0.05) is 11.4 Å². The van der Waals surface area contributed by atoms with E-state index in [1.54, 1.807) is 11.3 Å². The monoisotopic (exact) mass is 237 g/mol. The third-order valence-electron chi connectivity index (χ3n) is 2.84. The van der Waals surface area contributed by atoms with E-state index >= 15 is 0 Å². The van der Waals surface area contributed by atoms with Crippen molar-refractivity contribution in [2.75, 3.05) is 6.54 Å². The largest absolute Gasteiger partial charge is 0.334 e. The van der Waals surface area contributed by atoms with Crippen LogP contribution in [0.4, 0.5) is 0 Å². The molecular weight excluding hydrogens is 222 g/mol. The highest BCUT2D eigenvalue weighted by atomic mass is 32.1. The maximum absolute atomic E-state index is 11.9. The summed E-state index contributed by atoms with van der Waals surface area (Å²) in [6, 6.07) is 4.27. The van der Waals surface area contributed by atoms with Gasteiger partial charge in [-0.3, -0.25) is 9.59 Å². The lowest BCUT2D eigenvalue weighted by Gasteiger charge is -2.23. The number of hydrogen-bond acceptors (Lipinski definition) is 3. The molecule has 3 nitrogen and oxygen atoms in total. The Morgan fingerprint density at radius 2 is 2.38 bits per heavy atom. The molecule has 86 valence electrons. The molecule has 0 radical (unpaired) electrons. The number of rotatable bonds is 3. The molecule has 0 aromatic carbocycles. The van der Waals surface area contributed by atoms with Crippen LogP contribution in [-0.4, -0.2) is 23.1 Å². The number of carbonyl (C=O) groups is 2. The number of likely N-dealkylation sites (tertiary alicyclic amines) is 1. The van der Waals surface area contributed by atoms with Crippen molar-refractivity contribution in [3.8, 4) is 0 Å². The quantitative estimate of drug-likeness (QED) is 0.757. The van der Waals surface area contributed by atoms with Crippen LogP contribution >= 0.6 is 11.3 Å². The summed E-state index contributed by atoms with van der Waals surface area (Å²) >= 11 is 1.68. The second-order valence-electron chi connectivity index (χ2n) is 4.14. The second-order valence-corrected chi connectivity index (χ2v) is 5.12. The maximum Gasteiger partial charge on any atom is 0.230 e. The molecule has 0 spiro atoms. The molecule has 0 N–H and O–H groups in total. The zero-order chi connectivity index (χ0) is 11.5. The SMILES string of the molecule is CC(=O)CC(=O)N1CCCC1c1cccs1. The molecule has 2 rings (SSSR count). The number of carbonyl (C=O) groups excluding carboxylic acids is 2. The molecule has 1 unspecified atom stereocenters. The van der Waals surface area contributed by atoms with E-state index < -0.39 is 0 Å². The number of ketones is 1. The first-order valence-electron chi connectivity index (χ1n) is 5.51. The highest BCUT2D eigenvalue weighted by molar-refractivity contribution is 7.10. The van der Waals surface area contributed by atoms with E-state index in [1.807, 2.05) is 16.3 Å². The first-order chi connectivity index (χ1) is 7.68. The molecule has 1 amide bonds. The van der Waals surface area contributed by atoms with E-state index in [1.165, 1.54) is 11.8 Å². The van der Waals surface area contributed by atoms with Gasteiger partial charge in [0.05, 0.1) is 12.5 Å². The van der Waals surface area contributed by atoms with Crippen molar-refractivity contribution < 1.29 is 9.59 Å². The standard InChI is InChI=1S/C12H15NO2S/c1-9(14)8-12(15)13-6-2-4-10(13)11-5-3-7-16-11/h3,5,7,10H,2,4,6,8H2,1H3. The van der Waals surface area contributed by atoms with Crippen LogP contribution in [0.2, 0.25) is 0 Å². The summed E-state index contributed by atoms with van der Waals surface area (Å²) in [5.74, 6) is -0.0785. The molecule has 1 aliphatic rings. The average molecular weight is 237 g/mol. The van der Waals surface area contributed by atoms with E-state index in [9.17, 15) is 9.59 Å². The fourth-order valence-electron chi connectivity index (χ4n) is 2.16. The van der Waals surface area contributed by atoms with Gasteiger partial charge in [0.1, 0.15) is 5.78 Å². The van der Waals surface area contributed by atoms with Crippen LogP contribution in [0.1, 0.15) is 37.1 Å². The molecule has 0 bridgehead atoms. The van der Waals surface area contributed by atoms with Crippen LogP contribution < -0.4 is 0 Å². The minimum absolute atomic E-state index is 0.0246. The van der Waals surface area contributed by atoms with Gasteiger partial charge in [0.15, 0.2) is 0 Å². The second kappa shape index (κ2) is 4.78. The molecule has 0 aliphatic carbocycles. The first kappa shape index (κ1) is 11.3. The van der Waals surface area contributed by atoms with Gasteiger partial charge in [-0.15, -0.1) is 11.3 Å². The Bertz CT molecular complexity index is 386. The molecule has 4 heteroatoms. The smallest absolute Gasteiger partial charge is 0.230 e. The molecule has 1 aromatic rings. The molecule has 1 aliphatic heterocycles. The third kappa shape index (κ3) is 2.32. The zero-order valence-corrected chi connectivity index (χ0v) is 10.1. The van der Waals surface area contributed by atoms with Crippen molar-refractivity contribution in [3.63, 3.8) is 0 Å². The highest BCUT2D eigenvalue weighted by Gasteiger charge is 2.30. The lowest BCUT2D eigenvalue weighted by atomic mass is 10.1. The lowest BCUT2D eigenvalue weighted by Crippen LogP contribution is -2.31. The van der Waals surface area contributed by atoms with Crippen LogP contribution in [0.3, 0.4) is 0 Å².